The monoisotopic (exact) mass is 396 g/mol. The van der Waals surface area contributed by atoms with Crippen molar-refractivity contribution in [3.8, 4) is 6.07 Å². The first-order valence-corrected chi connectivity index (χ1v) is 10.7. The van der Waals surface area contributed by atoms with E-state index in [1.807, 2.05) is 13.0 Å². The van der Waals surface area contributed by atoms with E-state index in [-0.39, 0.29) is 17.5 Å². The molecule has 0 bridgehead atoms. The topological polar surface area (TPSA) is 77.4 Å². The number of benzene rings is 1. The number of fused-ring (bicyclic) bond motifs is 1. The highest BCUT2D eigenvalue weighted by atomic mass is 16.5. The molecule has 6 heteroatoms. The van der Waals surface area contributed by atoms with Crippen LogP contribution in [0.5, 0.6) is 0 Å². The van der Waals surface area contributed by atoms with Crippen molar-refractivity contribution in [2.24, 2.45) is 0 Å². The SMILES string of the molecule is CC(NC(=O)/C(C#N)=C\NCCCN1CCOCC1)c1ccc2c(c1)CCCC2. The van der Waals surface area contributed by atoms with Crippen LogP contribution in [0.2, 0.25) is 0 Å². The fraction of sp³-hybridized carbons (Fsp3) is 0.565. The van der Waals surface area contributed by atoms with Crippen LogP contribution in [0.25, 0.3) is 0 Å². The maximum atomic E-state index is 12.5. The molecular weight excluding hydrogens is 364 g/mol. The lowest BCUT2D eigenvalue weighted by atomic mass is 9.89. The number of carbonyl (C=O) groups excluding carboxylic acids is 1. The Balaban J connectivity index is 1.46. The van der Waals surface area contributed by atoms with Crippen molar-refractivity contribution in [1.82, 2.24) is 15.5 Å². The largest absolute Gasteiger partial charge is 0.390 e. The Labute approximate surface area is 173 Å². The Morgan fingerprint density at radius 3 is 2.79 bits per heavy atom. The standard InChI is InChI=1S/C23H32N4O2/c1-18(20-8-7-19-5-2-3-6-21(19)15-20)26-23(28)22(16-24)17-25-9-4-10-27-11-13-29-14-12-27/h7-8,15,17-18,25H,2-6,9-14H2,1H3,(H,26,28)/b22-17-. The van der Waals surface area contributed by atoms with Gasteiger partial charge in [-0.1, -0.05) is 18.2 Å². The first kappa shape index (κ1) is 21.4. The first-order chi connectivity index (χ1) is 14.2. The molecule has 1 aromatic carbocycles. The van der Waals surface area contributed by atoms with E-state index < -0.39 is 0 Å². The van der Waals surface area contributed by atoms with Gasteiger partial charge in [0.1, 0.15) is 11.6 Å². The number of nitriles is 1. The van der Waals surface area contributed by atoms with Crippen molar-refractivity contribution in [2.75, 3.05) is 39.4 Å². The van der Waals surface area contributed by atoms with Crippen molar-refractivity contribution >= 4 is 5.91 Å². The molecule has 3 rings (SSSR count). The van der Waals surface area contributed by atoms with Gasteiger partial charge in [-0.25, -0.2) is 0 Å². The maximum absolute atomic E-state index is 12.5. The number of morpholine rings is 1. The third-order valence-corrected chi connectivity index (χ3v) is 5.73. The number of aryl methyl sites for hydroxylation is 2. The molecule has 0 saturated carbocycles. The van der Waals surface area contributed by atoms with E-state index in [2.05, 4.69) is 33.7 Å². The van der Waals surface area contributed by atoms with E-state index in [0.29, 0.717) is 0 Å². The van der Waals surface area contributed by atoms with Gasteiger partial charge in [0.05, 0.1) is 19.3 Å². The molecule has 1 amide bonds. The summed E-state index contributed by atoms with van der Waals surface area (Å²) in [7, 11) is 0. The molecule has 1 heterocycles. The predicted octanol–water partition coefficient (Wildman–Crippen LogP) is 2.46. The maximum Gasteiger partial charge on any atom is 0.263 e. The summed E-state index contributed by atoms with van der Waals surface area (Å²) in [5, 5.41) is 15.4. The van der Waals surface area contributed by atoms with Crippen LogP contribution in [0.3, 0.4) is 0 Å². The third kappa shape index (κ3) is 6.31. The Hall–Kier alpha value is -2.36. The normalized spacial score (nSPS) is 18.4. The summed E-state index contributed by atoms with van der Waals surface area (Å²) in [6.45, 7) is 7.24. The summed E-state index contributed by atoms with van der Waals surface area (Å²) in [5.41, 5.74) is 4.03. The van der Waals surface area contributed by atoms with Crippen molar-refractivity contribution in [2.45, 2.75) is 45.1 Å². The van der Waals surface area contributed by atoms with E-state index in [9.17, 15) is 10.1 Å². The van der Waals surface area contributed by atoms with E-state index in [1.165, 1.54) is 30.2 Å². The molecule has 156 valence electrons. The van der Waals surface area contributed by atoms with E-state index in [1.54, 1.807) is 0 Å². The summed E-state index contributed by atoms with van der Waals surface area (Å²) in [4.78, 5) is 14.9. The van der Waals surface area contributed by atoms with Crippen molar-refractivity contribution in [3.63, 3.8) is 0 Å². The van der Waals surface area contributed by atoms with Gasteiger partial charge in [-0.2, -0.15) is 5.26 Å². The average molecular weight is 397 g/mol. The van der Waals surface area contributed by atoms with Crippen LogP contribution in [-0.2, 0) is 22.4 Å². The van der Waals surface area contributed by atoms with Gasteiger partial charge in [0.2, 0.25) is 0 Å². The lowest BCUT2D eigenvalue weighted by molar-refractivity contribution is -0.117. The summed E-state index contributed by atoms with van der Waals surface area (Å²) in [6, 6.07) is 8.36. The van der Waals surface area contributed by atoms with Crippen LogP contribution in [0.4, 0.5) is 0 Å². The van der Waals surface area contributed by atoms with Crippen LogP contribution in [-0.4, -0.2) is 50.2 Å². The van der Waals surface area contributed by atoms with Gasteiger partial charge in [-0.05, 0) is 62.3 Å². The Bertz CT molecular complexity index is 763. The minimum absolute atomic E-state index is 0.112. The number of rotatable bonds is 8. The van der Waals surface area contributed by atoms with Crippen LogP contribution >= 0.6 is 0 Å². The van der Waals surface area contributed by atoms with Gasteiger partial charge in [-0.3, -0.25) is 9.69 Å². The number of amides is 1. The number of ether oxygens (including phenoxy) is 1. The molecule has 0 radical (unpaired) electrons. The lowest BCUT2D eigenvalue weighted by Gasteiger charge is -2.26. The molecule has 0 spiro atoms. The smallest absolute Gasteiger partial charge is 0.263 e. The second-order valence-corrected chi connectivity index (χ2v) is 7.86. The Morgan fingerprint density at radius 2 is 2.03 bits per heavy atom. The molecule has 1 aromatic rings. The number of hydrogen-bond acceptors (Lipinski definition) is 5. The summed E-state index contributed by atoms with van der Waals surface area (Å²) in [5.74, 6) is -0.335. The van der Waals surface area contributed by atoms with Gasteiger partial charge < -0.3 is 15.4 Å². The molecule has 6 nitrogen and oxygen atoms in total. The molecular formula is C23H32N4O2. The van der Waals surface area contributed by atoms with Crippen LogP contribution in [0.15, 0.2) is 30.0 Å². The number of carbonyl (C=O) groups is 1. The second kappa shape index (κ2) is 11.0. The first-order valence-electron chi connectivity index (χ1n) is 10.7. The molecule has 1 unspecified atom stereocenters. The lowest BCUT2D eigenvalue weighted by Crippen LogP contribution is -2.37. The molecule has 1 saturated heterocycles. The van der Waals surface area contributed by atoms with Crippen LogP contribution in [0.1, 0.15) is 48.9 Å². The van der Waals surface area contributed by atoms with Crippen molar-refractivity contribution < 1.29 is 9.53 Å². The summed E-state index contributed by atoms with van der Waals surface area (Å²) in [6.07, 6.45) is 7.25. The molecule has 2 N–H and O–H groups in total. The van der Waals surface area contributed by atoms with Gasteiger partial charge >= 0.3 is 0 Å². The van der Waals surface area contributed by atoms with Crippen LogP contribution in [0, 0.1) is 11.3 Å². The van der Waals surface area contributed by atoms with Gasteiger partial charge in [-0.15, -0.1) is 0 Å². The zero-order valence-electron chi connectivity index (χ0n) is 17.4. The number of nitrogens with one attached hydrogen (secondary N) is 2. The summed E-state index contributed by atoms with van der Waals surface area (Å²) < 4.78 is 5.34. The third-order valence-electron chi connectivity index (χ3n) is 5.73. The molecule has 1 fully saturated rings. The highest BCUT2D eigenvalue weighted by molar-refractivity contribution is 5.97. The molecule has 1 atom stereocenters. The highest BCUT2D eigenvalue weighted by Crippen LogP contribution is 2.24. The zero-order chi connectivity index (χ0) is 20.5. The zero-order valence-corrected chi connectivity index (χ0v) is 17.4. The fourth-order valence-corrected chi connectivity index (χ4v) is 3.93. The molecule has 2 aliphatic rings. The van der Waals surface area contributed by atoms with Gasteiger partial charge in [0, 0.05) is 25.8 Å². The van der Waals surface area contributed by atoms with Crippen molar-refractivity contribution in [1.29, 1.82) is 5.26 Å². The molecule has 0 aromatic heterocycles. The van der Waals surface area contributed by atoms with Gasteiger partial charge in [0.25, 0.3) is 5.91 Å². The molecule has 1 aliphatic carbocycles. The minimum Gasteiger partial charge on any atom is -0.390 e. The second-order valence-electron chi connectivity index (χ2n) is 7.86. The van der Waals surface area contributed by atoms with Crippen LogP contribution < -0.4 is 10.6 Å². The average Bonchev–Trinajstić information content (AvgIpc) is 2.76. The predicted molar refractivity (Wildman–Crippen MR) is 113 cm³/mol. The Morgan fingerprint density at radius 1 is 1.28 bits per heavy atom. The quantitative estimate of drug-likeness (QED) is 0.401. The fourth-order valence-electron chi connectivity index (χ4n) is 3.93. The van der Waals surface area contributed by atoms with Gasteiger partial charge in [0.15, 0.2) is 0 Å². The highest BCUT2D eigenvalue weighted by Gasteiger charge is 2.16. The van der Waals surface area contributed by atoms with E-state index in [0.717, 1.165) is 64.2 Å². The van der Waals surface area contributed by atoms with Crippen molar-refractivity contribution in [3.05, 3.63) is 46.7 Å². The Kier molecular flexibility index (Phi) is 8.09. The minimum atomic E-state index is -0.335. The molecule has 29 heavy (non-hydrogen) atoms. The number of hydrogen-bond donors (Lipinski definition) is 2. The molecule has 1 aliphatic heterocycles. The number of nitrogens with zero attached hydrogens (tertiary/aromatic N) is 2. The van der Waals surface area contributed by atoms with E-state index >= 15 is 0 Å². The van der Waals surface area contributed by atoms with E-state index in [4.69, 9.17) is 4.74 Å². The summed E-state index contributed by atoms with van der Waals surface area (Å²) >= 11 is 0.